The third-order valence-corrected chi connectivity index (χ3v) is 1.03. The number of nitrogens with zero attached hydrogens (tertiary/aromatic N) is 1. The molecule has 0 aromatic heterocycles. The van der Waals surface area contributed by atoms with E-state index in [4.69, 9.17) is 5.11 Å². The Labute approximate surface area is 60.3 Å². The van der Waals surface area contributed by atoms with Crippen molar-refractivity contribution in [3.05, 3.63) is 25.3 Å². The van der Waals surface area contributed by atoms with Crippen LogP contribution in [0.1, 0.15) is 0 Å². The van der Waals surface area contributed by atoms with E-state index in [0.717, 1.165) is 0 Å². The van der Waals surface area contributed by atoms with Gasteiger partial charge in [0.15, 0.2) is 0 Å². The first-order valence-corrected chi connectivity index (χ1v) is 2.88. The van der Waals surface area contributed by atoms with Crippen molar-refractivity contribution in [3.8, 4) is 0 Å². The second-order valence-corrected chi connectivity index (χ2v) is 1.74. The lowest BCUT2D eigenvalue weighted by molar-refractivity contribution is -0.123. The molecule has 1 atom stereocenters. The molecule has 0 aliphatic rings. The Bertz CT molecular complexity index is 134. The van der Waals surface area contributed by atoms with Crippen LogP contribution >= 0.6 is 0 Å². The normalized spacial score (nSPS) is 11.7. The van der Waals surface area contributed by atoms with Crippen molar-refractivity contribution >= 4 is 6.41 Å². The molecule has 0 saturated heterocycles. The smallest absolute Gasteiger partial charge is 0.212 e. The molecule has 0 bridgehead atoms. The van der Waals surface area contributed by atoms with Crippen LogP contribution in [0.3, 0.4) is 0 Å². The van der Waals surface area contributed by atoms with Gasteiger partial charge in [-0.15, -0.1) is 6.58 Å². The summed E-state index contributed by atoms with van der Waals surface area (Å²) in [4.78, 5) is 11.3. The fourth-order valence-corrected chi connectivity index (χ4v) is 0.498. The van der Waals surface area contributed by atoms with Crippen molar-refractivity contribution in [2.24, 2.45) is 0 Å². The zero-order valence-corrected chi connectivity index (χ0v) is 5.73. The maximum absolute atomic E-state index is 10.2. The van der Waals surface area contributed by atoms with Crippen LogP contribution in [0.4, 0.5) is 0 Å². The molecule has 10 heavy (non-hydrogen) atoms. The highest BCUT2D eigenvalue weighted by atomic mass is 16.3. The summed E-state index contributed by atoms with van der Waals surface area (Å²) in [7, 11) is 0. The second-order valence-electron chi connectivity index (χ2n) is 1.74. The average molecular weight is 141 g/mol. The molecule has 0 fully saturated rings. The topological polar surface area (TPSA) is 40.5 Å². The van der Waals surface area contributed by atoms with E-state index in [1.54, 1.807) is 0 Å². The predicted molar refractivity (Wildman–Crippen MR) is 39.2 cm³/mol. The van der Waals surface area contributed by atoms with Gasteiger partial charge in [0.1, 0.15) is 6.23 Å². The maximum Gasteiger partial charge on any atom is 0.212 e. The number of aliphatic hydroxyl groups excluding tert-OH is 1. The van der Waals surface area contributed by atoms with Crippen molar-refractivity contribution in [3.63, 3.8) is 0 Å². The number of hydrogen-bond acceptors (Lipinski definition) is 2. The highest BCUT2D eigenvalue weighted by molar-refractivity contribution is 5.48. The zero-order chi connectivity index (χ0) is 7.98. The Kier molecular flexibility index (Phi) is 4.24. The Morgan fingerprint density at radius 2 is 2.20 bits per heavy atom. The van der Waals surface area contributed by atoms with Gasteiger partial charge < -0.3 is 10.0 Å². The lowest BCUT2D eigenvalue weighted by Crippen LogP contribution is -2.32. The van der Waals surface area contributed by atoms with E-state index in [1.807, 2.05) is 0 Å². The molecule has 3 nitrogen and oxygen atoms in total. The standard InChI is InChI=1S/C7H11NO2/c1-3-5-8(6-9)7(10)4-2/h3-4,6-7,10H,1-2,5H2. The number of rotatable bonds is 5. The van der Waals surface area contributed by atoms with Gasteiger partial charge in [-0.2, -0.15) is 0 Å². The van der Waals surface area contributed by atoms with E-state index in [1.165, 1.54) is 17.1 Å². The molecule has 0 aliphatic heterocycles. The monoisotopic (exact) mass is 141 g/mol. The van der Waals surface area contributed by atoms with E-state index in [9.17, 15) is 4.79 Å². The van der Waals surface area contributed by atoms with Crippen molar-refractivity contribution in [1.29, 1.82) is 0 Å². The average Bonchev–Trinajstić information content (AvgIpc) is 1.99. The number of carbonyl (C=O) groups excluding carboxylic acids is 1. The summed E-state index contributed by atoms with van der Waals surface area (Å²) < 4.78 is 0. The molecule has 0 saturated carbocycles. The van der Waals surface area contributed by atoms with Crippen molar-refractivity contribution < 1.29 is 9.90 Å². The fourth-order valence-electron chi connectivity index (χ4n) is 0.498. The minimum atomic E-state index is -0.907. The van der Waals surface area contributed by atoms with E-state index in [2.05, 4.69) is 13.2 Å². The molecule has 56 valence electrons. The molecule has 0 rings (SSSR count). The Morgan fingerprint density at radius 3 is 2.50 bits per heavy atom. The first kappa shape index (κ1) is 8.91. The summed E-state index contributed by atoms with van der Waals surface area (Å²) in [6.45, 7) is 7.08. The van der Waals surface area contributed by atoms with Gasteiger partial charge in [-0.25, -0.2) is 0 Å². The van der Waals surface area contributed by atoms with E-state index in [0.29, 0.717) is 13.0 Å². The summed E-state index contributed by atoms with van der Waals surface area (Å²) in [6, 6.07) is 0. The van der Waals surface area contributed by atoms with Crippen LogP contribution in [0, 0.1) is 0 Å². The van der Waals surface area contributed by atoms with Crippen LogP contribution in [0.15, 0.2) is 25.3 Å². The molecule has 0 spiro atoms. The van der Waals surface area contributed by atoms with Gasteiger partial charge in [0.2, 0.25) is 6.41 Å². The Hall–Kier alpha value is -1.09. The molecule has 0 radical (unpaired) electrons. The Balaban J connectivity index is 3.90. The molecule has 1 amide bonds. The van der Waals surface area contributed by atoms with Crippen molar-refractivity contribution in [2.45, 2.75) is 6.23 Å². The van der Waals surface area contributed by atoms with Gasteiger partial charge in [0.05, 0.1) is 0 Å². The van der Waals surface area contributed by atoms with Crippen LogP contribution in [0.5, 0.6) is 0 Å². The second kappa shape index (κ2) is 4.76. The first-order valence-electron chi connectivity index (χ1n) is 2.88. The lowest BCUT2D eigenvalue weighted by Gasteiger charge is -2.18. The van der Waals surface area contributed by atoms with Gasteiger partial charge in [-0.1, -0.05) is 12.7 Å². The largest absolute Gasteiger partial charge is 0.370 e. The third-order valence-electron chi connectivity index (χ3n) is 1.03. The van der Waals surface area contributed by atoms with E-state index >= 15 is 0 Å². The molecule has 0 heterocycles. The van der Waals surface area contributed by atoms with Gasteiger partial charge in [-0.3, -0.25) is 4.79 Å². The molecular weight excluding hydrogens is 130 g/mol. The van der Waals surface area contributed by atoms with Crippen LogP contribution < -0.4 is 0 Å². The molecule has 3 heteroatoms. The fraction of sp³-hybridized carbons (Fsp3) is 0.286. The summed E-state index contributed by atoms with van der Waals surface area (Å²) >= 11 is 0. The van der Waals surface area contributed by atoms with Crippen molar-refractivity contribution in [2.75, 3.05) is 6.54 Å². The number of aliphatic hydroxyl groups is 1. The van der Waals surface area contributed by atoms with Crippen LogP contribution in [-0.2, 0) is 4.79 Å². The zero-order valence-electron chi connectivity index (χ0n) is 5.73. The molecule has 1 unspecified atom stereocenters. The Morgan fingerprint density at radius 1 is 1.60 bits per heavy atom. The van der Waals surface area contributed by atoms with Gasteiger partial charge in [0, 0.05) is 6.54 Å². The van der Waals surface area contributed by atoms with Crippen LogP contribution in [0.25, 0.3) is 0 Å². The molecular formula is C7H11NO2. The third kappa shape index (κ3) is 2.46. The van der Waals surface area contributed by atoms with E-state index in [-0.39, 0.29) is 0 Å². The van der Waals surface area contributed by atoms with Gasteiger partial charge in [-0.05, 0) is 6.08 Å². The maximum atomic E-state index is 10.2. The summed E-state index contributed by atoms with van der Waals surface area (Å²) in [5, 5.41) is 8.98. The SMILES string of the molecule is C=CCN(C=O)C(O)C=C. The number of amides is 1. The predicted octanol–water partition coefficient (Wildman–Crippen LogP) is 0.135. The van der Waals surface area contributed by atoms with Gasteiger partial charge in [0.25, 0.3) is 0 Å². The van der Waals surface area contributed by atoms with E-state index < -0.39 is 6.23 Å². The highest BCUT2D eigenvalue weighted by Crippen LogP contribution is 1.92. The van der Waals surface area contributed by atoms with Crippen molar-refractivity contribution in [1.82, 2.24) is 4.90 Å². The minimum absolute atomic E-state index is 0.330. The van der Waals surface area contributed by atoms with Crippen LogP contribution in [-0.4, -0.2) is 29.2 Å². The molecule has 0 aromatic rings. The first-order chi connectivity index (χ1) is 4.76. The number of carbonyl (C=O) groups is 1. The minimum Gasteiger partial charge on any atom is -0.370 e. The number of hydrogen-bond donors (Lipinski definition) is 1. The molecule has 0 aromatic carbocycles. The lowest BCUT2D eigenvalue weighted by atomic mass is 10.4. The summed E-state index contributed by atoms with van der Waals surface area (Å²) in [6.07, 6.45) is 2.45. The quantitative estimate of drug-likeness (QED) is 0.336. The van der Waals surface area contributed by atoms with Crippen LogP contribution in [0.2, 0.25) is 0 Å². The molecule has 1 N–H and O–H groups in total. The highest BCUT2D eigenvalue weighted by Gasteiger charge is 2.05. The molecule has 0 aliphatic carbocycles. The summed E-state index contributed by atoms with van der Waals surface area (Å²) in [5.74, 6) is 0. The van der Waals surface area contributed by atoms with Gasteiger partial charge >= 0.3 is 0 Å². The summed E-state index contributed by atoms with van der Waals surface area (Å²) in [5.41, 5.74) is 0.